The van der Waals surface area contributed by atoms with Crippen molar-refractivity contribution in [3.8, 4) is 22.9 Å². The lowest BCUT2D eigenvalue weighted by Gasteiger charge is -2.25. The Kier molecular flexibility index (Phi) is 3.41. The molecule has 100 valence electrons. The lowest BCUT2D eigenvalue weighted by Crippen LogP contribution is -2.20. The molecule has 3 heteroatoms. The summed E-state index contributed by atoms with van der Waals surface area (Å²) >= 11 is 0. The van der Waals surface area contributed by atoms with Crippen molar-refractivity contribution in [1.82, 2.24) is 0 Å². The molecule has 0 saturated heterocycles. The second kappa shape index (κ2) is 5.36. The van der Waals surface area contributed by atoms with E-state index in [4.69, 9.17) is 10.5 Å². The molecule has 2 aromatic rings. The van der Waals surface area contributed by atoms with Crippen molar-refractivity contribution in [2.24, 2.45) is 5.73 Å². The number of nitrogens with two attached hydrogens (primary N) is 1. The van der Waals surface area contributed by atoms with Gasteiger partial charge < -0.3 is 10.5 Å². The second-order valence-electron chi connectivity index (χ2n) is 4.98. The van der Waals surface area contributed by atoms with Crippen LogP contribution in [0.2, 0.25) is 0 Å². The average Bonchev–Trinajstić information content (AvgIpc) is 2.53. The molecule has 0 fully saturated rings. The molecule has 1 aliphatic rings. The first kappa shape index (κ1) is 12.7. The maximum absolute atomic E-state index is 9.20. The molecule has 0 spiro atoms. The summed E-state index contributed by atoms with van der Waals surface area (Å²) in [6.07, 6.45) is 0.970. The van der Waals surface area contributed by atoms with Gasteiger partial charge in [0.05, 0.1) is 18.2 Å². The van der Waals surface area contributed by atoms with Crippen LogP contribution < -0.4 is 10.5 Å². The number of nitrogens with zero attached hydrogens (tertiary/aromatic N) is 1. The minimum atomic E-state index is 0.374. The predicted molar refractivity (Wildman–Crippen MR) is 78.5 cm³/mol. The molecule has 0 radical (unpaired) electrons. The number of benzene rings is 2. The zero-order valence-corrected chi connectivity index (χ0v) is 11.2. The summed E-state index contributed by atoms with van der Waals surface area (Å²) in [4.78, 5) is 0. The van der Waals surface area contributed by atoms with Crippen LogP contribution in [0.5, 0.6) is 5.75 Å². The molecule has 0 unspecified atom stereocenters. The van der Waals surface area contributed by atoms with Crippen molar-refractivity contribution < 1.29 is 4.74 Å². The second-order valence-corrected chi connectivity index (χ2v) is 4.98. The lowest BCUT2D eigenvalue weighted by molar-refractivity contribution is 0.269. The number of hydrogen-bond acceptors (Lipinski definition) is 3. The van der Waals surface area contributed by atoms with E-state index in [9.17, 15) is 5.26 Å². The van der Waals surface area contributed by atoms with Crippen LogP contribution in [0.15, 0.2) is 42.5 Å². The molecule has 3 nitrogen and oxygen atoms in total. The maximum atomic E-state index is 9.20. The molecular weight excluding hydrogens is 248 g/mol. The molecular formula is C17H16N2O. The molecule has 1 aliphatic heterocycles. The molecule has 3 rings (SSSR count). The van der Waals surface area contributed by atoms with Gasteiger partial charge in [-0.1, -0.05) is 30.3 Å². The molecule has 2 N–H and O–H groups in total. The van der Waals surface area contributed by atoms with Crippen LogP contribution >= 0.6 is 0 Å². The van der Waals surface area contributed by atoms with Gasteiger partial charge in [0.25, 0.3) is 0 Å². The highest BCUT2D eigenvalue weighted by molar-refractivity contribution is 5.72. The van der Waals surface area contributed by atoms with Crippen molar-refractivity contribution in [3.63, 3.8) is 0 Å². The summed E-state index contributed by atoms with van der Waals surface area (Å²) in [6.45, 7) is 1.35. The van der Waals surface area contributed by atoms with Gasteiger partial charge in [-0.25, -0.2) is 0 Å². The third kappa shape index (κ3) is 2.15. The number of hydrogen-bond donors (Lipinski definition) is 1. The van der Waals surface area contributed by atoms with E-state index in [0.29, 0.717) is 24.6 Å². The van der Waals surface area contributed by atoms with Crippen molar-refractivity contribution >= 4 is 0 Å². The molecule has 0 saturated carbocycles. The first-order valence-corrected chi connectivity index (χ1v) is 6.80. The third-order valence-corrected chi connectivity index (χ3v) is 3.82. The zero-order valence-electron chi connectivity index (χ0n) is 11.2. The van der Waals surface area contributed by atoms with Crippen LogP contribution in [-0.4, -0.2) is 13.2 Å². The van der Waals surface area contributed by atoms with E-state index in [1.807, 2.05) is 36.4 Å². The van der Waals surface area contributed by atoms with Gasteiger partial charge in [0.15, 0.2) is 0 Å². The van der Waals surface area contributed by atoms with E-state index in [0.717, 1.165) is 23.3 Å². The van der Waals surface area contributed by atoms with Gasteiger partial charge in [-0.2, -0.15) is 5.26 Å². The topological polar surface area (TPSA) is 59.0 Å². The summed E-state index contributed by atoms with van der Waals surface area (Å²) in [7, 11) is 0. The first-order chi connectivity index (χ1) is 9.83. The van der Waals surface area contributed by atoms with Gasteiger partial charge >= 0.3 is 0 Å². The van der Waals surface area contributed by atoms with Crippen molar-refractivity contribution in [3.05, 3.63) is 53.6 Å². The molecule has 0 bridgehead atoms. The van der Waals surface area contributed by atoms with Gasteiger partial charge in [-0.15, -0.1) is 0 Å². The summed E-state index contributed by atoms with van der Waals surface area (Å²) in [5.41, 5.74) is 9.62. The van der Waals surface area contributed by atoms with E-state index >= 15 is 0 Å². The van der Waals surface area contributed by atoms with Gasteiger partial charge in [0, 0.05) is 5.92 Å². The van der Waals surface area contributed by atoms with Gasteiger partial charge in [0.2, 0.25) is 0 Å². The van der Waals surface area contributed by atoms with E-state index in [-0.39, 0.29) is 0 Å². The normalized spacial score (nSPS) is 16.9. The Hall–Kier alpha value is -2.31. The number of rotatable bonds is 2. The van der Waals surface area contributed by atoms with Crippen LogP contribution in [0, 0.1) is 11.3 Å². The molecule has 0 amide bonds. The number of fused-ring (bicyclic) bond motifs is 1. The SMILES string of the molecule is N#Cc1ccccc1-c1ccc2c(c1)OCC[C@H]2CN. The van der Waals surface area contributed by atoms with Crippen LogP contribution in [0.25, 0.3) is 11.1 Å². The highest BCUT2D eigenvalue weighted by Gasteiger charge is 2.20. The van der Waals surface area contributed by atoms with Gasteiger partial charge in [-0.3, -0.25) is 0 Å². The molecule has 20 heavy (non-hydrogen) atoms. The minimum Gasteiger partial charge on any atom is -0.493 e. The van der Waals surface area contributed by atoms with Crippen LogP contribution in [0.3, 0.4) is 0 Å². The summed E-state index contributed by atoms with van der Waals surface area (Å²) in [6, 6.07) is 16.0. The Bertz CT molecular complexity index is 673. The van der Waals surface area contributed by atoms with E-state index < -0.39 is 0 Å². The third-order valence-electron chi connectivity index (χ3n) is 3.82. The Morgan fingerprint density at radius 1 is 1.25 bits per heavy atom. The maximum Gasteiger partial charge on any atom is 0.123 e. The summed E-state index contributed by atoms with van der Waals surface area (Å²) in [5, 5.41) is 9.20. The smallest absolute Gasteiger partial charge is 0.123 e. The van der Waals surface area contributed by atoms with Gasteiger partial charge in [-0.05, 0) is 41.8 Å². The standard InChI is InChI=1S/C17H16N2O/c18-10-13-3-1-2-4-15(13)12-5-6-16-14(11-19)7-8-20-17(16)9-12/h1-6,9,14H,7-8,11,19H2/t14-/m0/s1. The van der Waals surface area contributed by atoms with Gasteiger partial charge in [0.1, 0.15) is 5.75 Å². The lowest BCUT2D eigenvalue weighted by atomic mass is 9.90. The Morgan fingerprint density at radius 3 is 2.90 bits per heavy atom. The summed E-state index contributed by atoms with van der Waals surface area (Å²) < 4.78 is 5.75. The Morgan fingerprint density at radius 2 is 2.10 bits per heavy atom. The predicted octanol–water partition coefficient (Wildman–Crippen LogP) is 3.05. The van der Waals surface area contributed by atoms with E-state index in [1.54, 1.807) is 0 Å². The molecule has 1 atom stereocenters. The molecule has 1 heterocycles. The van der Waals surface area contributed by atoms with E-state index in [1.165, 1.54) is 5.56 Å². The monoisotopic (exact) mass is 264 g/mol. The fourth-order valence-corrected chi connectivity index (χ4v) is 2.71. The quantitative estimate of drug-likeness (QED) is 0.907. The number of nitriles is 1. The van der Waals surface area contributed by atoms with Crippen LogP contribution in [0.1, 0.15) is 23.5 Å². The number of ether oxygens (including phenoxy) is 1. The first-order valence-electron chi connectivity index (χ1n) is 6.80. The average molecular weight is 264 g/mol. The Labute approximate surface area is 118 Å². The van der Waals surface area contributed by atoms with Crippen molar-refractivity contribution in [2.75, 3.05) is 13.2 Å². The zero-order chi connectivity index (χ0) is 13.9. The van der Waals surface area contributed by atoms with Crippen molar-refractivity contribution in [1.29, 1.82) is 5.26 Å². The van der Waals surface area contributed by atoms with Crippen molar-refractivity contribution in [2.45, 2.75) is 12.3 Å². The fourth-order valence-electron chi connectivity index (χ4n) is 2.71. The minimum absolute atomic E-state index is 0.374. The molecule has 2 aromatic carbocycles. The fraction of sp³-hybridized carbons (Fsp3) is 0.235. The Balaban J connectivity index is 2.07. The highest BCUT2D eigenvalue weighted by atomic mass is 16.5. The van der Waals surface area contributed by atoms with E-state index in [2.05, 4.69) is 12.1 Å². The highest BCUT2D eigenvalue weighted by Crippen LogP contribution is 2.36. The largest absolute Gasteiger partial charge is 0.493 e. The van der Waals surface area contributed by atoms with Crippen LogP contribution in [0.4, 0.5) is 0 Å². The van der Waals surface area contributed by atoms with Crippen LogP contribution in [-0.2, 0) is 0 Å². The molecule has 0 aromatic heterocycles. The summed E-state index contributed by atoms with van der Waals surface area (Å²) in [5.74, 6) is 1.27. The molecule has 0 aliphatic carbocycles.